The van der Waals surface area contributed by atoms with E-state index >= 15 is 0 Å². The number of aromatic nitrogens is 1. The van der Waals surface area contributed by atoms with Gasteiger partial charge in [-0.3, -0.25) is 14.8 Å². The minimum absolute atomic E-state index is 0.0818. The average Bonchev–Trinajstić information content (AvgIpc) is 3.10. The summed E-state index contributed by atoms with van der Waals surface area (Å²) in [5.74, 6) is 0.821. The van der Waals surface area contributed by atoms with E-state index in [2.05, 4.69) is 15.3 Å². The predicted octanol–water partition coefficient (Wildman–Crippen LogP) is 2.00. The van der Waals surface area contributed by atoms with Crippen molar-refractivity contribution in [3.63, 3.8) is 0 Å². The van der Waals surface area contributed by atoms with Crippen molar-refractivity contribution < 1.29 is 4.79 Å². The maximum Gasteiger partial charge on any atom is 0.245 e. The van der Waals surface area contributed by atoms with E-state index in [-0.39, 0.29) is 11.9 Å². The zero-order chi connectivity index (χ0) is 13.1. The van der Waals surface area contributed by atoms with Crippen LogP contribution in [0.15, 0.2) is 29.5 Å². The molecule has 1 N–H and O–H groups in total. The minimum atomic E-state index is -0.235. The first-order chi connectivity index (χ1) is 9.33. The zero-order valence-corrected chi connectivity index (χ0v) is 11.5. The molecule has 1 aliphatic heterocycles. The molecule has 0 saturated heterocycles. The van der Waals surface area contributed by atoms with Crippen LogP contribution in [0, 0.1) is 0 Å². The summed E-state index contributed by atoms with van der Waals surface area (Å²) >= 11 is 1.64. The van der Waals surface area contributed by atoms with E-state index in [0.29, 0.717) is 6.04 Å². The number of nitrogens with one attached hydrogen (secondary N) is 1. The van der Waals surface area contributed by atoms with Crippen LogP contribution in [0.5, 0.6) is 0 Å². The van der Waals surface area contributed by atoms with E-state index in [1.54, 1.807) is 24.2 Å². The Hall–Kier alpha value is -1.36. The minimum Gasteiger partial charge on any atom is -0.351 e. The van der Waals surface area contributed by atoms with Crippen molar-refractivity contribution in [2.45, 2.75) is 37.8 Å². The fourth-order valence-corrected chi connectivity index (χ4v) is 3.55. The molecule has 1 unspecified atom stereocenters. The molecule has 2 aliphatic rings. The molecular formula is C14H17N3OS. The van der Waals surface area contributed by atoms with Crippen LogP contribution < -0.4 is 5.32 Å². The second kappa shape index (κ2) is 5.74. The lowest BCUT2D eigenvalue weighted by Gasteiger charge is -2.13. The summed E-state index contributed by atoms with van der Waals surface area (Å²) in [5, 5.41) is 4.05. The molecule has 1 fully saturated rings. The zero-order valence-electron chi connectivity index (χ0n) is 10.7. The van der Waals surface area contributed by atoms with Gasteiger partial charge < -0.3 is 5.32 Å². The number of carbonyl (C=O) groups is 1. The summed E-state index contributed by atoms with van der Waals surface area (Å²) in [7, 11) is 0. The monoisotopic (exact) mass is 275 g/mol. The Morgan fingerprint density at radius 1 is 1.37 bits per heavy atom. The number of nitrogens with zero attached hydrogens (tertiary/aromatic N) is 2. The van der Waals surface area contributed by atoms with Gasteiger partial charge in [0.1, 0.15) is 11.1 Å². The van der Waals surface area contributed by atoms with Crippen LogP contribution in [0.25, 0.3) is 0 Å². The Kier molecular flexibility index (Phi) is 3.82. The van der Waals surface area contributed by atoms with Crippen LogP contribution in [0.3, 0.4) is 0 Å². The molecule has 0 radical (unpaired) electrons. The van der Waals surface area contributed by atoms with Gasteiger partial charge in [0.15, 0.2) is 0 Å². The summed E-state index contributed by atoms with van der Waals surface area (Å²) in [6.45, 7) is 0. The predicted molar refractivity (Wildman–Crippen MR) is 77.4 cm³/mol. The van der Waals surface area contributed by atoms with Gasteiger partial charge >= 0.3 is 0 Å². The molecule has 2 heterocycles. The molecule has 3 rings (SSSR count). The van der Waals surface area contributed by atoms with Crippen LogP contribution in [0.4, 0.5) is 0 Å². The van der Waals surface area contributed by atoms with Crippen LogP contribution in [-0.4, -0.2) is 33.8 Å². The fraction of sp³-hybridized carbons (Fsp3) is 0.500. The summed E-state index contributed by atoms with van der Waals surface area (Å²) in [5.41, 5.74) is 1.00. The van der Waals surface area contributed by atoms with Crippen LogP contribution >= 0.6 is 11.8 Å². The third-order valence-electron chi connectivity index (χ3n) is 3.56. The summed E-state index contributed by atoms with van der Waals surface area (Å²) in [6.07, 6.45) is 8.23. The van der Waals surface area contributed by atoms with Crippen molar-refractivity contribution >= 4 is 22.7 Å². The highest BCUT2D eigenvalue weighted by molar-refractivity contribution is 8.14. The fourth-order valence-electron chi connectivity index (χ4n) is 2.52. The highest BCUT2D eigenvalue weighted by atomic mass is 32.2. The molecule has 1 aromatic heterocycles. The summed E-state index contributed by atoms with van der Waals surface area (Å²) in [6, 6.07) is 4.01. The molecule has 0 aromatic carbocycles. The highest BCUT2D eigenvalue weighted by Crippen LogP contribution is 2.24. The first-order valence-electron chi connectivity index (χ1n) is 6.74. The molecule has 19 heavy (non-hydrogen) atoms. The number of pyridine rings is 1. The molecule has 4 nitrogen and oxygen atoms in total. The van der Waals surface area contributed by atoms with Gasteiger partial charge in [0.05, 0.1) is 0 Å². The van der Waals surface area contributed by atoms with Gasteiger partial charge in [-0.25, -0.2) is 0 Å². The molecule has 1 aromatic rings. The van der Waals surface area contributed by atoms with E-state index in [1.165, 1.54) is 12.8 Å². The summed E-state index contributed by atoms with van der Waals surface area (Å²) in [4.78, 5) is 20.7. The van der Waals surface area contributed by atoms with Crippen molar-refractivity contribution in [3.05, 3.63) is 30.1 Å². The Balaban J connectivity index is 1.63. The van der Waals surface area contributed by atoms with E-state index in [9.17, 15) is 4.79 Å². The van der Waals surface area contributed by atoms with E-state index < -0.39 is 0 Å². The first kappa shape index (κ1) is 12.7. The SMILES string of the molecule is O=C(NC1CCCC1)C1CSC(c2cccnc2)=N1. The molecule has 1 aliphatic carbocycles. The maximum atomic E-state index is 12.1. The summed E-state index contributed by atoms with van der Waals surface area (Å²) < 4.78 is 0. The van der Waals surface area contributed by atoms with Crippen LogP contribution in [0.1, 0.15) is 31.2 Å². The Morgan fingerprint density at radius 2 is 2.21 bits per heavy atom. The Bertz CT molecular complexity index is 483. The maximum absolute atomic E-state index is 12.1. The molecule has 5 heteroatoms. The normalized spacial score (nSPS) is 23.4. The van der Waals surface area contributed by atoms with Gasteiger partial charge in [-0.05, 0) is 25.0 Å². The van der Waals surface area contributed by atoms with Gasteiger partial charge in [0, 0.05) is 29.8 Å². The highest BCUT2D eigenvalue weighted by Gasteiger charge is 2.28. The largest absolute Gasteiger partial charge is 0.351 e. The second-order valence-corrected chi connectivity index (χ2v) is 6.00. The van der Waals surface area contributed by atoms with Crippen LogP contribution in [0.2, 0.25) is 0 Å². The first-order valence-corrected chi connectivity index (χ1v) is 7.73. The lowest BCUT2D eigenvalue weighted by molar-refractivity contribution is -0.122. The number of hydrogen-bond donors (Lipinski definition) is 1. The molecule has 0 bridgehead atoms. The Morgan fingerprint density at radius 3 is 2.95 bits per heavy atom. The molecule has 1 saturated carbocycles. The number of aliphatic imine (C=N–C) groups is 1. The number of carbonyl (C=O) groups excluding carboxylic acids is 1. The number of hydrogen-bond acceptors (Lipinski definition) is 4. The van der Waals surface area contributed by atoms with Crippen molar-refractivity contribution in [1.82, 2.24) is 10.3 Å². The number of amides is 1. The van der Waals surface area contributed by atoms with Crippen molar-refractivity contribution in [1.29, 1.82) is 0 Å². The molecule has 1 atom stereocenters. The molecule has 0 spiro atoms. The third kappa shape index (κ3) is 2.97. The van der Waals surface area contributed by atoms with Crippen molar-refractivity contribution in [2.24, 2.45) is 4.99 Å². The standard InChI is InChI=1S/C14H17N3OS/c18-13(16-11-5-1-2-6-11)12-9-19-14(17-12)10-4-3-7-15-8-10/h3-4,7-8,11-12H,1-2,5-6,9H2,(H,16,18). The van der Waals surface area contributed by atoms with Gasteiger partial charge in [-0.1, -0.05) is 12.8 Å². The van der Waals surface area contributed by atoms with Crippen LogP contribution in [-0.2, 0) is 4.79 Å². The van der Waals surface area contributed by atoms with Gasteiger partial charge in [0.25, 0.3) is 0 Å². The van der Waals surface area contributed by atoms with Gasteiger partial charge in [-0.2, -0.15) is 0 Å². The Labute approximate surface area is 117 Å². The lowest BCUT2D eigenvalue weighted by atomic mass is 10.2. The van der Waals surface area contributed by atoms with E-state index in [1.807, 2.05) is 12.1 Å². The quantitative estimate of drug-likeness (QED) is 0.918. The topological polar surface area (TPSA) is 54.4 Å². The molecule has 1 amide bonds. The van der Waals surface area contributed by atoms with E-state index in [0.717, 1.165) is 29.2 Å². The second-order valence-electron chi connectivity index (χ2n) is 4.99. The average molecular weight is 275 g/mol. The lowest BCUT2D eigenvalue weighted by Crippen LogP contribution is -2.39. The number of rotatable bonds is 3. The smallest absolute Gasteiger partial charge is 0.245 e. The number of thioether (sulfide) groups is 1. The molecular weight excluding hydrogens is 258 g/mol. The van der Waals surface area contributed by atoms with Crippen molar-refractivity contribution in [3.8, 4) is 0 Å². The van der Waals surface area contributed by atoms with Crippen molar-refractivity contribution in [2.75, 3.05) is 5.75 Å². The van der Waals surface area contributed by atoms with E-state index in [4.69, 9.17) is 0 Å². The van der Waals surface area contributed by atoms with Gasteiger partial charge in [-0.15, -0.1) is 11.8 Å². The third-order valence-corrected chi connectivity index (χ3v) is 4.66. The molecule has 100 valence electrons. The van der Waals surface area contributed by atoms with Gasteiger partial charge in [0.2, 0.25) is 5.91 Å².